The number of allylic oxidation sites excluding steroid dienone is 2. The average molecular weight is 587 g/mol. The smallest absolute Gasteiger partial charge is 0.238 e. The van der Waals surface area contributed by atoms with Crippen molar-refractivity contribution in [3.63, 3.8) is 0 Å². The minimum atomic E-state index is -0.710. The number of benzene rings is 3. The lowest BCUT2D eigenvalue weighted by molar-refractivity contribution is -0.126. The van der Waals surface area contributed by atoms with Crippen LogP contribution in [0.2, 0.25) is 10.0 Å². The highest BCUT2D eigenvalue weighted by molar-refractivity contribution is 6.31. The topological polar surface area (TPSA) is 95.0 Å². The summed E-state index contributed by atoms with van der Waals surface area (Å²) in [5.41, 5.74) is 2.46. The summed E-state index contributed by atoms with van der Waals surface area (Å²) in [5, 5.41) is 11.3. The molecule has 41 heavy (non-hydrogen) atoms. The molecule has 0 bridgehead atoms. The van der Waals surface area contributed by atoms with Crippen molar-refractivity contribution in [2.45, 2.75) is 18.8 Å². The molecule has 4 aliphatic rings. The van der Waals surface area contributed by atoms with E-state index in [2.05, 4.69) is 0 Å². The lowest BCUT2D eigenvalue weighted by atomic mass is 9.57. The molecule has 6 atom stereocenters. The number of carbonyl (C=O) groups excluding carboxylic acids is 4. The maximum Gasteiger partial charge on any atom is 0.238 e. The monoisotopic (exact) mass is 586 g/mol. The Morgan fingerprint density at radius 2 is 1.22 bits per heavy atom. The molecule has 3 aromatic carbocycles. The highest BCUT2D eigenvalue weighted by Crippen LogP contribution is 2.58. The van der Waals surface area contributed by atoms with Crippen LogP contribution in [0.25, 0.3) is 0 Å². The normalized spacial score (nSPS) is 28.9. The summed E-state index contributed by atoms with van der Waals surface area (Å²) in [6.07, 6.45) is 2.60. The van der Waals surface area contributed by atoms with E-state index in [1.165, 1.54) is 9.80 Å². The molecule has 7 nitrogen and oxygen atoms in total. The predicted molar refractivity (Wildman–Crippen MR) is 154 cm³/mol. The number of rotatable bonds is 3. The second-order valence-corrected chi connectivity index (χ2v) is 12.0. The number of anilines is 2. The van der Waals surface area contributed by atoms with Gasteiger partial charge < -0.3 is 5.11 Å². The summed E-state index contributed by atoms with van der Waals surface area (Å²) < 4.78 is 0. The standard InChI is InChI=1S/C32H24Cl2N2O5/c33-17-4-8-19(9-5-17)35-29(38)23-13-12-22-24(27(23)31(35)40)15-25-28(26(22)16-2-1-3-21(37)14-16)32(41)36(30(25)39)20-10-6-18(34)7-11-20/h1-12,14,23-28,37H,13,15H2. The van der Waals surface area contributed by atoms with Crippen LogP contribution in [-0.2, 0) is 19.2 Å². The van der Waals surface area contributed by atoms with Crippen LogP contribution in [0.15, 0.2) is 84.4 Å². The van der Waals surface area contributed by atoms with E-state index in [4.69, 9.17) is 23.2 Å². The number of phenols is 1. The van der Waals surface area contributed by atoms with E-state index in [1.807, 2.05) is 12.1 Å². The summed E-state index contributed by atoms with van der Waals surface area (Å²) in [6, 6.07) is 19.8. The third-order valence-corrected chi connectivity index (χ3v) is 9.55. The Labute approximate surface area is 246 Å². The first kappa shape index (κ1) is 26.0. The van der Waals surface area contributed by atoms with Gasteiger partial charge in [-0.15, -0.1) is 0 Å². The van der Waals surface area contributed by atoms with Gasteiger partial charge >= 0.3 is 0 Å². The number of hydrogen-bond acceptors (Lipinski definition) is 5. The maximum absolute atomic E-state index is 14.0. The van der Waals surface area contributed by atoms with Crippen LogP contribution in [0, 0.1) is 29.6 Å². The zero-order valence-electron chi connectivity index (χ0n) is 21.6. The SMILES string of the molecule is O=C1C2CC=C3C(CC4C(=O)N(c5ccc(Cl)cc5)C(=O)C4C3c3cccc(O)c3)C2C(=O)N1c1ccc(Cl)cc1. The van der Waals surface area contributed by atoms with Crippen LogP contribution < -0.4 is 9.80 Å². The van der Waals surface area contributed by atoms with Gasteiger partial charge in [0.05, 0.1) is 35.0 Å². The van der Waals surface area contributed by atoms with E-state index in [0.717, 1.165) is 5.57 Å². The first-order valence-corrected chi connectivity index (χ1v) is 14.3. The number of nitrogens with zero attached hydrogens (tertiary/aromatic N) is 2. The van der Waals surface area contributed by atoms with Gasteiger partial charge in [0, 0.05) is 16.0 Å². The fourth-order valence-electron chi connectivity index (χ4n) is 7.37. The Hall–Kier alpha value is -3.94. The van der Waals surface area contributed by atoms with Crippen molar-refractivity contribution in [2.75, 3.05) is 9.80 Å². The van der Waals surface area contributed by atoms with Crippen molar-refractivity contribution in [3.8, 4) is 5.75 Å². The fraction of sp³-hybridized carbons (Fsp3) is 0.250. The Morgan fingerprint density at radius 3 is 1.80 bits per heavy atom. The van der Waals surface area contributed by atoms with Crippen LogP contribution in [0.3, 0.4) is 0 Å². The Morgan fingerprint density at radius 1 is 0.659 bits per heavy atom. The van der Waals surface area contributed by atoms with Gasteiger partial charge in [0.2, 0.25) is 23.6 Å². The summed E-state index contributed by atoms with van der Waals surface area (Å²) in [7, 11) is 0. The molecule has 9 heteroatoms. The third kappa shape index (κ3) is 3.94. The first-order chi connectivity index (χ1) is 19.7. The van der Waals surface area contributed by atoms with Crippen LogP contribution in [0.4, 0.5) is 11.4 Å². The Kier molecular flexibility index (Phi) is 6.07. The summed E-state index contributed by atoms with van der Waals surface area (Å²) in [6.45, 7) is 0. The number of fused-ring (bicyclic) bond motifs is 4. The third-order valence-electron chi connectivity index (χ3n) is 9.05. The van der Waals surface area contributed by atoms with Crippen LogP contribution in [0.1, 0.15) is 24.3 Å². The second kappa shape index (κ2) is 9.57. The number of amides is 4. The van der Waals surface area contributed by atoms with Gasteiger partial charge in [0.25, 0.3) is 0 Å². The molecule has 1 saturated carbocycles. The quantitative estimate of drug-likeness (QED) is 0.312. The van der Waals surface area contributed by atoms with Gasteiger partial charge in [-0.3, -0.25) is 29.0 Å². The van der Waals surface area contributed by atoms with Crippen molar-refractivity contribution in [1.29, 1.82) is 0 Å². The van der Waals surface area contributed by atoms with Gasteiger partial charge in [-0.25, -0.2) is 0 Å². The number of carbonyl (C=O) groups is 4. The molecule has 6 unspecified atom stereocenters. The second-order valence-electron chi connectivity index (χ2n) is 11.1. The zero-order chi connectivity index (χ0) is 28.6. The van der Waals surface area contributed by atoms with Gasteiger partial charge in [-0.05, 0) is 85.0 Å². The minimum Gasteiger partial charge on any atom is -0.508 e. The molecule has 2 saturated heterocycles. The lowest BCUT2D eigenvalue weighted by Gasteiger charge is -2.44. The van der Waals surface area contributed by atoms with E-state index in [0.29, 0.717) is 33.4 Å². The maximum atomic E-state index is 14.0. The number of imide groups is 2. The number of phenolic OH excluding ortho intramolecular Hbond substituents is 1. The molecule has 206 valence electrons. The van der Waals surface area contributed by atoms with Crippen molar-refractivity contribution in [1.82, 2.24) is 0 Å². The van der Waals surface area contributed by atoms with E-state index in [1.54, 1.807) is 66.7 Å². The summed E-state index contributed by atoms with van der Waals surface area (Å²) >= 11 is 12.1. The van der Waals surface area contributed by atoms with Crippen LogP contribution >= 0.6 is 23.2 Å². The number of halogens is 2. The first-order valence-electron chi connectivity index (χ1n) is 13.5. The van der Waals surface area contributed by atoms with Crippen molar-refractivity contribution in [3.05, 3.63) is 100 Å². The van der Waals surface area contributed by atoms with Crippen LogP contribution in [-0.4, -0.2) is 28.7 Å². The molecular weight excluding hydrogens is 563 g/mol. The highest BCUT2D eigenvalue weighted by atomic mass is 35.5. The zero-order valence-corrected chi connectivity index (χ0v) is 23.1. The molecule has 7 rings (SSSR count). The van der Waals surface area contributed by atoms with E-state index < -0.39 is 35.5 Å². The number of hydrogen-bond donors (Lipinski definition) is 1. The van der Waals surface area contributed by atoms with E-state index >= 15 is 0 Å². The molecule has 0 aromatic heterocycles. The summed E-state index contributed by atoms with van der Waals surface area (Å²) in [4.78, 5) is 58.0. The lowest BCUT2D eigenvalue weighted by Crippen LogP contribution is -2.43. The molecule has 2 heterocycles. The molecule has 3 fully saturated rings. The summed E-state index contributed by atoms with van der Waals surface area (Å²) in [5.74, 6) is -4.78. The predicted octanol–water partition coefficient (Wildman–Crippen LogP) is 5.74. The van der Waals surface area contributed by atoms with Gasteiger partial charge in [-0.2, -0.15) is 0 Å². The molecule has 2 aliphatic carbocycles. The fourth-order valence-corrected chi connectivity index (χ4v) is 7.62. The molecule has 4 amide bonds. The van der Waals surface area contributed by atoms with Crippen LogP contribution in [0.5, 0.6) is 5.75 Å². The van der Waals surface area contributed by atoms with Gasteiger partial charge in [0.1, 0.15) is 5.75 Å². The van der Waals surface area contributed by atoms with Crippen molar-refractivity contribution >= 4 is 58.2 Å². The Balaban J connectivity index is 1.33. The number of aromatic hydroxyl groups is 1. The van der Waals surface area contributed by atoms with Crippen molar-refractivity contribution in [2.24, 2.45) is 29.6 Å². The van der Waals surface area contributed by atoms with Crippen molar-refractivity contribution < 1.29 is 24.3 Å². The van der Waals surface area contributed by atoms with Gasteiger partial charge in [-0.1, -0.05) is 47.0 Å². The molecule has 0 spiro atoms. The van der Waals surface area contributed by atoms with E-state index in [-0.39, 0.29) is 35.8 Å². The van der Waals surface area contributed by atoms with Gasteiger partial charge in [0.15, 0.2) is 0 Å². The minimum absolute atomic E-state index is 0.0443. The average Bonchev–Trinajstić information content (AvgIpc) is 3.37. The largest absolute Gasteiger partial charge is 0.508 e. The molecule has 2 aliphatic heterocycles. The highest BCUT2D eigenvalue weighted by Gasteiger charge is 2.62. The molecule has 0 radical (unpaired) electrons. The Bertz CT molecular complexity index is 1650. The molecule has 3 aromatic rings. The molecular formula is C32H24Cl2N2O5. The van der Waals surface area contributed by atoms with E-state index in [9.17, 15) is 24.3 Å². The molecule has 1 N–H and O–H groups in total.